The minimum Gasteiger partial charge on any atom is -0.444 e. The third-order valence-corrected chi connectivity index (χ3v) is 5.36. The molecule has 1 heterocycles. The van der Waals surface area contributed by atoms with Crippen molar-refractivity contribution in [2.45, 2.75) is 84.5 Å². The van der Waals surface area contributed by atoms with Crippen LogP contribution in [0.1, 0.15) is 65.9 Å². The molecule has 0 aliphatic heterocycles. The van der Waals surface area contributed by atoms with Gasteiger partial charge in [-0.15, -0.1) is 0 Å². The van der Waals surface area contributed by atoms with Crippen LogP contribution in [0.3, 0.4) is 0 Å². The lowest BCUT2D eigenvalue weighted by atomic mass is 9.79. The molecule has 1 fully saturated rings. The molecule has 2 rings (SSSR count). The lowest BCUT2D eigenvalue weighted by molar-refractivity contribution is -0.119. The van der Waals surface area contributed by atoms with Crippen molar-refractivity contribution in [3.63, 3.8) is 0 Å². The summed E-state index contributed by atoms with van der Waals surface area (Å²) in [6.07, 6.45) is 4.96. The fraction of sp³-hybridized carbons (Fsp3) is 0.696. The molecule has 0 aromatic carbocycles. The highest BCUT2D eigenvalue weighted by molar-refractivity contribution is 5.96. The van der Waals surface area contributed by atoms with E-state index in [1.807, 2.05) is 19.1 Å². The van der Waals surface area contributed by atoms with E-state index in [4.69, 9.17) is 10.5 Å². The number of carbonyl (C=O) groups excluding carboxylic acids is 2. The van der Waals surface area contributed by atoms with Gasteiger partial charge in [0.2, 0.25) is 5.91 Å². The molecule has 8 nitrogen and oxygen atoms in total. The van der Waals surface area contributed by atoms with Gasteiger partial charge in [-0.2, -0.15) is 0 Å². The topological polar surface area (TPSA) is 118 Å². The van der Waals surface area contributed by atoms with Gasteiger partial charge in [0.1, 0.15) is 17.5 Å². The Bertz CT molecular complexity index is 724. The molecule has 174 valence electrons. The molecule has 1 aromatic heterocycles. The van der Waals surface area contributed by atoms with E-state index < -0.39 is 17.7 Å². The number of pyridine rings is 1. The van der Waals surface area contributed by atoms with Gasteiger partial charge in [0.25, 0.3) is 0 Å². The van der Waals surface area contributed by atoms with E-state index in [2.05, 4.69) is 27.9 Å². The predicted octanol–water partition coefficient (Wildman–Crippen LogP) is 3.18. The van der Waals surface area contributed by atoms with Crippen LogP contribution in [0.25, 0.3) is 0 Å². The maximum Gasteiger partial charge on any atom is 0.408 e. The summed E-state index contributed by atoms with van der Waals surface area (Å²) in [4.78, 5) is 29.8. The minimum atomic E-state index is -0.663. The molecule has 0 saturated heterocycles. The number of rotatable bonds is 8. The van der Waals surface area contributed by atoms with E-state index in [1.54, 1.807) is 27.0 Å². The molecule has 2 atom stereocenters. The quantitative estimate of drug-likeness (QED) is 0.500. The smallest absolute Gasteiger partial charge is 0.408 e. The van der Waals surface area contributed by atoms with Gasteiger partial charge in [0.15, 0.2) is 0 Å². The highest BCUT2D eigenvalue weighted by atomic mass is 16.6. The summed E-state index contributed by atoms with van der Waals surface area (Å²) in [5.41, 5.74) is 6.13. The summed E-state index contributed by atoms with van der Waals surface area (Å²) in [6.45, 7) is 10.9. The first-order valence-electron chi connectivity index (χ1n) is 11.2. The second kappa shape index (κ2) is 11.4. The monoisotopic (exact) mass is 433 g/mol. The number of anilines is 1. The predicted molar refractivity (Wildman–Crippen MR) is 123 cm³/mol. The van der Waals surface area contributed by atoms with Gasteiger partial charge in [0, 0.05) is 25.3 Å². The summed E-state index contributed by atoms with van der Waals surface area (Å²) in [5, 5.41) is 8.97. The van der Waals surface area contributed by atoms with Crippen LogP contribution in [0.5, 0.6) is 0 Å². The number of nitrogens with zero attached hydrogens (tertiary/aromatic N) is 1. The number of hydrogen-bond donors (Lipinski definition) is 4. The molecule has 2 amide bonds. The van der Waals surface area contributed by atoms with Crippen LogP contribution >= 0.6 is 0 Å². The first kappa shape index (κ1) is 25.1. The summed E-state index contributed by atoms with van der Waals surface area (Å²) in [5.74, 6) is 0.909. The highest BCUT2D eigenvalue weighted by Gasteiger charge is 2.34. The first-order chi connectivity index (χ1) is 14.5. The molecular weight excluding hydrogens is 394 g/mol. The average molecular weight is 434 g/mol. The molecule has 1 unspecified atom stereocenters. The lowest BCUT2D eigenvalue weighted by Crippen LogP contribution is -2.50. The molecular formula is C23H39N5O3. The van der Waals surface area contributed by atoms with Crippen molar-refractivity contribution >= 4 is 17.8 Å². The lowest BCUT2D eigenvalue weighted by Gasteiger charge is -2.32. The molecule has 1 aromatic rings. The summed E-state index contributed by atoms with van der Waals surface area (Å²) in [7, 11) is 0. The Kier molecular flexibility index (Phi) is 9.25. The van der Waals surface area contributed by atoms with Gasteiger partial charge in [0.05, 0.1) is 0 Å². The van der Waals surface area contributed by atoms with Crippen LogP contribution < -0.4 is 21.7 Å². The number of ether oxygens (including phenoxy) is 1. The number of amides is 2. The molecule has 0 radical (unpaired) electrons. The number of nitrogens with one attached hydrogen (secondary N) is 3. The summed E-state index contributed by atoms with van der Waals surface area (Å²) >= 11 is 0. The first-order valence-corrected chi connectivity index (χ1v) is 11.2. The third-order valence-electron chi connectivity index (χ3n) is 5.36. The molecule has 31 heavy (non-hydrogen) atoms. The van der Waals surface area contributed by atoms with Crippen LogP contribution in [0.15, 0.2) is 18.3 Å². The normalized spacial score (nSPS) is 21.1. The number of aromatic nitrogens is 1. The van der Waals surface area contributed by atoms with Gasteiger partial charge in [-0.1, -0.05) is 19.8 Å². The van der Waals surface area contributed by atoms with Crippen molar-refractivity contribution in [1.29, 1.82) is 0 Å². The zero-order chi connectivity index (χ0) is 23.0. The summed E-state index contributed by atoms with van der Waals surface area (Å²) in [6, 6.07) is 3.13. The van der Waals surface area contributed by atoms with Crippen molar-refractivity contribution < 1.29 is 14.3 Å². The van der Waals surface area contributed by atoms with E-state index >= 15 is 0 Å². The standard InChI is InChI=1S/C23H39N5O3/c1-15-6-8-18(9-7-15)20(28-22(30)31-23(3,4)5)21(29)27-19-12-17(10-11-26-19)14-25-13-16(2)24/h10-12,15-16,18,20,25H,6-9,13-14,24H2,1-5H3,(H,28,30)(H,26,27,29)/t15?,16-,18?,20?/m1/s1. The largest absolute Gasteiger partial charge is 0.444 e. The number of alkyl carbamates (subject to hydrolysis) is 1. The van der Waals surface area contributed by atoms with Crippen LogP contribution in [-0.4, -0.2) is 41.2 Å². The third kappa shape index (κ3) is 9.23. The van der Waals surface area contributed by atoms with E-state index in [0.29, 0.717) is 24.8 Å². The van der Waals surface area contributed by atoms with Gasteiger partial charge < -0.3 is 26.4 Å². The Morgan fingerprint density at radius 2 is 1.94 bits per heavy atom. The van der Waals surface area contributed by atoms with E-state index in [1.165, 1.54) is 0 Å². The van der Waals surface area contributed by atoms with Gasteiger partial charge in [-0.05, 0) is 70.1 Å². The average Bonchev–Trinajstić information content (AvgIpc) is 2.65. The van der Waals surface area contributed by atoms with E-state index in [9.17, 15) is 9.59 Å². The van der Waals surface area contributed by atoms with Crippen molar-refractivity contribution in [3.8, 4) is 0 Å². The molecule has 8 heteroatoms. The van der Waals surface area contributed by atoms with Crippen molar-refractivity contribution in [2.75, 3.05) is 11.9 Å². The van der Waals surface area contributed by atoms with Crippen molar-refractivity contribution in [3.05, 3.63) is 23.9 Å². The maximum atomic E-state index is 13.2. The van der Waals surface area contributed by atoms with Crippen LogP contribution in [0.4, 0.5) is 10.6 Å². The van der Waals surface area contributed by atoms with E-state index in [0.717, 1.165) is 31.2 Å². The van der Waals surface area contributed by atoms with Gasteiger partial charge in [-0.25, -0.2) is 9.78 Å². The molecule has 0 bridgehead atoms. The molecule has 1 aliphatic rings. The van der Waals surface area contributed by atoms with Crippen molar-refractivity contribution in [2.24, 2.45) is 17.6 Å². The Labute approximate surface area is 186 Å². The fourth-order valence-electron chi connectivity index (χ4n) is 3.75. The van der Waals surface area contributed by atoms with Crippen LogP contribution in [-0.2, 0) is 16.1 Å². The Balaban J connectivity index is 2.07. The summed E-state index contributed by atoms with van der Waals surface area (Å²) < 4.78 is 5.40. The molecule has 1 aliphatic carbocycles. The Morgan fingerprint density at radius 1 is 1.26 bits per heavy atom. The van der Waals surface area contributed by atoms with E-state index in [-0.39, 0.29) is 17.9 Å². The van der Waals surface area contributed by atoms with Gasteiger partial charge in [-0.3, -0.25) is 4.79 Å². The molecule has 1 saturated carbocycles. The Morgan fingerprint density at radius 3 is 2.55 bits per heavy atom. The second-order valence-electron chi connectivity index (χ2n) is 9.79. The van der Waals surface area contributed by atoms with Crippen LogP contribution in [0, 0.1) is 11.8 Å². The Hall–Kier alpha value is -2.19. The highest BCUT2D eigenvalue weighted by Crippen LogP contribution is 2.31. The van der Waals surface area contributed by atoms with Crippen molar-refractivity contribution in [1.82, 2.24) is 15.6 Å². The second-order valence-corrected chi connectivity index (χ2v) is 9.79. The van der Waals surface area contributed by atoms with Crippen LogP contribution in [0.2, 0.25) is 0 Å². The maximum absolute atomic E-state index is 13.2. The van der Waals surface area contributed by atoms with Gasteiger partial charge >= 0.3 is 6.09 Å². The molecule has 0 spiro atoms. The SMILES string of the molecule is CC1CCC(C(NC(=O)OC(C)(C)C)C(=O)Nc2cc(CNC[C@@H](C)N)ccn2)CC1. The zero-order valence-electron chi connectivity index (χ0n) is 19.5. The zero-order valence-corrected chi connectivity index (χ0v) is 19.5. The number of carbonyl (C=O) groups is 2. The minimum absolute atomic E-state index is 0.0684. The number of nitrogens with two attached hydrogens (primary N) is 1. The number of hydrogen-bond acceptors (Lipinski definition) is 6. The molecule has 5 N–H and O–H groups in total. The fourth-order valence-corrected chi connectivity index (χ4v) is 3.75.